The molecule has 0 heterocycles. The van der Waals surface area contributed by atoms with E-state index in [1.807, 2.05) is 0 Å². The van der Waals surface area contributed by atoms with Crippen LogP contribution in [0.15, 0.2) is 87.5 Å². The second-order valence-electron chi connectivity index (χ2n) is 7.39. The summed E-state index contributed by atoms with van der Waals surface area (Å²) in [6.07, 6.45) is 0. The summed E-state index contributed by atoms with van der Waals surface area (Å²) in [6.45, 7) is 4.94. The van der Waals surface area contributed by atoms with Crippen LogP contribution in [0.1, 0.15) is 16.7 Å². The van der Waals surface area contributed by atoms with Crippen LogP contribution in [0.25, 0.3) is 0 Å². The Kier molecular flexibility index (Phi) is 8.09. The first-order chi connectivity index (χ1) is 15.8. The van der Waals surface area contributed by atoms with E-state index in [4.69, 9.17) is 8.93 Å². The predicted molar refractivity (Wildman–Crippen MR) is 124 cm³/mol. The molecule has 0 aliphatic rings. The molecule has 3 aromatic rings. The molecule has 9 nitrogen and oxygen atoms in total. The molecule has 0 saturated heterocycles. The summed E-state index contributed by atoms with van der Waals surface area (Å²) in [6, 6.07) is 16.9. The Hall–Kier alpha value is -1.97. The molecule has 0 aliphatic heterocycles. The average molecular weight is 583 g/mol. The number of rotatable bonds is 9. The van der Waals surface area contributed by atoms with E-state index in [9.17, 15) is 25.3 Å². The molecule has 13 heteroatoms. The molecule has 0 N–H and O–H groups in total. The van der Waals surface area contributed by atoms with Gasteiger partial charge in [0.2, 0.25) is 0 Å². The molecule has 0 spiro atoms. The summed E-state index contributed by atoms with van der Waals surface area (Å²) in [5.74, 6) is 0. The van der Waals surface area contributed by atoms with E-state index in [2.05, 4.69) is 0 Å². The third-order valence-corrected chi connectivity index (χ3v) is 15.9. The van der Waals surface area contributed by atoms with Crippen molar-refractivity contribution in [1.29, 1.82) is 0 Å². The molecular formula is C21H21GaO9S3. The number of hydrogen-bond donors (Lipinski definition) is 0. The van der Waals surface area contributed by atoms with Gasteiger partial charge in [-0.15, -0.1) is 0 Å². The van der Waals surface area contributed by atoms with Crippen LogP contribution < -0.4 is 0 Å². The Balaban J connectivity index is 2.00. The summed E-state index contributed by atoms with van der Waals surface area (Å²) in [4.78, 5) is -0.885. The molecule has 0 bridgehead atoms. The van der Waals surface area contributed by atoms with Crippen LogP contribution in [0.4, 0.5) is 0 Å². The summed E-state index contributed by atoms with van der Waals surface area (Å²) >= 11 is -5.05. The van der Waals surface area contributed by atoms with Crippen LogP contribution in [0.5, 0.6) is 0 Å². The van der Waals surface area contributed by atoms with Gasteiger partial charge in [-0.05, 0) is 0 Å². The Morgan fingerprint density at radius 1 is 0.500 bits per heavy atom. The van der Waals surface area contributed by atoms with Crippen molar-refractivity contribution in [3.63, 3.8) is 0 Å². The Labute approximate surface area is 206 Å². The van der Waals surface area contributed by atoms with Gasteiger partial charge in [0.05, 0.1) is 0 Å². The van der Waals surface area contributed by atoms with Gasteiger partial charge >= 0.3 is 207 Å². The second kappa shape index (κ2) is 10.3. The first kappa shape index (κ1) is 26.6. The van der Waals surface area contributed by atoms with Crippen LogP contribution >= 0.6 is 0 Å². The molecule has 0 saturated carbocycles. The van der Waals surface area contributed by atoms with Crippen molar-refractivity contribution in [1.82, 2.24) is 0 Å². The van der Waals surface area contributed by atoms with Crippen molar-refractivity contribution < 1.29 is 34.2 Å². The van der Waals surface area contributed by atoms with Crippen molar-refractivity contribution in [2.75, 3.05) is 0 Å². The SMILES string of the molecule is Cc1cccc(S(=O)(=O)[O][Ga]([O]S(=O)(=O)c2cccc(C)c2)[O]S(=O)(=O)c2cccc(C)c2)c1. The fourth-order valence-corrected chi connectivity index (χ4v) is 13.7. The van der Waals surface area contributed by atoms with E-state index < -0.39 is 47.7 Å². The standard InChI is InChI=1S/3C7H8O3S.Ga/c3*1-6-3-2-4-7(5-6)11(8,9)10;/h3*2-5H,1H3,(H,8,9,10);/q;;;+3/p-3. The normalized spacial score (nSPS) is 12.4. The molecule has 180 valence electrons. The van der Waals surface area contributed by atoms with Crippen LogP contribution in [0.3, 0.4) is 0 Å². The van der Waals surface area contributed by atoms with Gasteiger partial charge in [-0.3, -0.25) is 0 Å². The van der Waals surface area contributed by atoms with Gasteiger partial charge in [-0.25, -0.2) is 0 Å². The van der Waals surface area contributed by atoms with Gasteiger partial charge in [0.25, 0.3) is 0 Å². The van der Waals surface area contributed by atoms with Crippen LogP contribution in [0, 0.1) is 20.8 Å². The van der Waals surface area contributed by atoms with E-state index in [1.165, 1.54) is 54.6 Å². The van der Waals surface area contributed by atoms with Gasteiger partial charge in [0.1, 0.15) is 0 Å². The van der Waals surface area contributed by atoms with Gasteiger partial charge in [-0.1, -0.05) is 0 Å². The average Bonchev–Trinajstić information content (AvgIpc) is 2.73. The zero-order valence-electron chi connectivity index (χ0n) is 18.4. The first-order valence-corrected chi connectivity index (χ1v) is 17.0. The molecule has 0 atom stereocenters. The third-order valence-electron chi connectivity index (χ3n) is 4.45. The Morgan fingerprint density at radius 2 is 0.765 bits per heavy atom. The van der Waals surface area contributed by atoms with E-state index in [-0.39, 0.29) is 14.7 Å². The number of benzene rings is 3. The Bertz CT molecular complexity index is 1330. The summed E-state index contributed by atoms with van der Waals surface area (Å²) < 4.78 is 92.0. The van der Waals surface area contributed by atoms with Gasteiger partial charge in [0.15, 0.2) is 0 Å². The molecule has 0 aromatic heterocycles. The maximum atomic E-state index is 12.8. The molecular weight excluding hydrogens is 562 g/mol. The zero-order valence-corrected chi connectivity index (χ0v) is 23.3. The summed E-state index contributed by atoms with van der Waals surface area (Å²) in [7, 11) is -13.8. The van der Waals surface area contributed by atoms with Crippen molar-refractivity contribution in [2.24, 2.45) is 0 Å². The first-order valence-electron chi connectivity index (χ1n) is 9.78. The quantitative estimate of drug-likeness (QED) is 0.349. The topological polar surface area (TPSA) is 130 Å². The molecule has 0 aliphatic carbocycles. The molecule has 34 heavy (non-hydrogen) atoms. The van der Waals surface area contributed by atoms with Gasteiger partial charge < -0.3 is 0 Å². The third kappa shape index (κ3) is 6.79. The van der Waals surface area contributed by atoms with Crippen LogP contribution in [0.2, 0.25) is 0 Å². The maximum absolute atomic E-state index is 12.8. The molecule has 0 radical (unpaired) electrons. The molecule has 3 aromatic carbocycles. The van der Waals surface area contributed by atoms with Crippen LogP contribution in [-0.4, -0.2) is 42.6 Å². The second-order valence-corrected chi connectivity index (χ2v) is 17.0. The van der Waals surface area contributed by atoms with Crippen molar-refractivity contribution >= 4 is 47.7 Å². The minimum absolute atomic E-state index is 0.295. The van der Waals surface area contributed by atoms with Crippen LogP contribution in [-0.2, 0) is 39.3 Å². The van der Waals surface area contributed by atoms with E-state index >= 15 is 0 Å². The van der Waals surface area contributed by atoms with E-state index in [0.717, 1.165) is 0 Å². The fraction of sp³-hybridized carbons (Fsp3) is 0.143. The molecule has 0 unspecified atom stereocenters. The minimum atomic E-state index is -5.05. The monoisotopic (exact) mass is 582 g/mol. The van der Waals surface area contributed by atoms with E-state index in [1.54, 1.807) is 39.0 Å². The summed E-state index contributed by atoms with van der Waals surface area (Å²) in [5, 5.41) is 0. The number of aryl methyl sites for hydroxylation is 3. The van der Waals surface area contributed by atoms with Gasteiger partial charge in [-0.2, -0.15) is 0 Å². The molecule has 0 fully saturated rings. The Morgan fingerprint density at radius 3 is 1.00 bits per heavy atom. The van der Waals surface area contributed by atoms with Crippen molar-refractivity contribution in [3.05, 3.63) is 89.5 Å². The molecule has 0 amide bonds. The van der Waals surface area contributed by atoms with Crippen molar-refractivity contribution in [3.8, 4) is 0 Å². The zero-order chi connectivity index (χ0) is 25.1. The summed E-state index contributed by atoms with van der Waals surface area (Å²) in [5.41, 5.74) is 1.78. The van der Waals surface area contributed by atoms with E-state index in [0.29, 0.717) is 16.7 Å². The van der Waals surface area contributed by atoms with Crippen molar-refractivity contribution in [2.45, 2.75) is 35.5 Å². The van der Waals surface area contributed by atoms with Gasteiger partial charge in [0, 0.05) is 0 Å². The molecule has 3 rings (SSSR count). The number of hydrogen-bond acceptors (Lipinski definition) is 9. The fourth-order valence-electron chi connectivity index (χ4n) is 2.84. The predicted octanol–water partition coefficient (Wildman–Crippen LogP) is 3.11.